The molecule has 0 bridgehead atoms. The smallest absolute Gasteiger partial charge is 0.335 e. The molecule has 0 aliphatic rings. The third-order valence-electron chi connectivity index (χ3n) is 6.32. The van der Waals surface area contributed by atoms with Crippen molar-refractivity contribution in [2.75, 3.05) is 6.54 Å². The summed E-state index contributed by atoms with van der Waals surface area (Å²) in [4.78, 5) is 13.8. The third kappa shape index (κ3) is 7.57. The van der Waals surface area contributed by atoms with Gasteiger partial charge in [0.15, 0.2) is 0 Å². The number of aryl methyl sites for hydroxylation is 1. The minimum atomic E-state index is -0.891. The van der Waals surface area contributed by atoms with Crippen molar-refractivity contribution in [2.24, 2.45) is 0 Å². The molecule has 1 N–H and O–H groups in total. The van der Waals surface area contributed by atoms with Crippen molar-refractivity contribution in [3.63, 3.8) is 0 Å². The molecule has 0 atom stereocenters. The zero-order valence-electron chi connectivity index (χ0n) is 20.0. The van der Waals surface area contributed by atoms with Gasteiger partial charge in [-0.15, -0.1) is 0 Å². The lowest BCUT2D eigenvalue weighted by atomic mass is 10.0. The van der Waals surface area contributed by atoms with E-state index in [9.17, 15) is 4.79 Å². The van der Waals surface area contributed by atoms with E-state index >= 15 is 0 Å². The number of benzene rings is 3. The number of hydrogen-bond acceptors (Lipinski definition) is 2. The molecule has 0 fully saturated rings. The monoisotopic (exact) mass is 443 g/mol. The van der Waals surface area contributed by atoms with Gasteiger partial charge in [0, 0.05) is 12.6 Å². The predicted molar refractivity (Wildman–Crippen MR) is 138 cm³/mol. The number of rotatable bonds is 13. The molecule has 0 heterocycles. The summed E-state index contributed by atoms with van der Waals surface area (Å²) in [6.07, 6.45) is 7.20. The molecule has 0 radical (unpaired) electrons. The topological polar surface area (TPSA) is 40.5 Å². The van der Waals surface area contributed by atoms with Gasteiger partial charge in [0.2, 0.25) is 0 Å². The molecular formula is C30H37NO2. The minimum Gasteiger partial charge on any atom is -0.478 e. The van der Waals surface area contributed by atoms with E-state index in [1.807, 2.05) is 12.1 Å². The van der Waals surface area contributed by atoms with Gasteiger partial charge in [0.25, 0.3) is 0 Å². The lowest BCUT2D eigenvalue weighted by Crippen LogP contribution is -2.35. The number of carboxylic acids is 1. The first-order valence-corrected chi connectivity index (χ1v) is 12.3. The van der Waals surface area contributed by atoms with Crippen LogP contribution in [0.25, 0.3) is 11.1 Å². The number of carboxylic acid groups (broad SMARTS) is 1. The molecule has 3 aromatic carbocycles. The summed E-state index contributed by atoms with van der Waals surface area (Å²) >= 11 is 0. The molecule has 3 nitrogen and oxygen atoms in total. The van der Waals surface area contributed by atoms with Crippen LogP contribution in [-0.4, -0.2) is 28.6 Å². The third-order valence-corrected chi connectivity index (χ3v) is 6.32. The van der Waals surface area contributed by atoms with E-state index in [0.717, 1.165) is 30.6 Å². The van der Waals surface area contributed by atoms with E-state index in [-0.39, 0.29) is 0 Å². The van der Waals surface area contributed by atoms with Crippen LogP contribution in [0.4, 0.5) is 0 Å². The number of hydrogen-bond donors (Lipinski definition) is 1. The van der Waals surface area contributed by atoms with E-state index < -0.39 is 5.97 Å². The second-order valence-corrected chi connectivity index (χ2v) is 8.87. The van der Waals surface area contributed by atoms with Crippen molar-refractivity contribution in [3.05, 3.63) is 95.6 Å². The zero-order valence-corrected chi connectivity index (χ0v) is 20.0. The molecule has 0 spiro atoms. The fourth-order valence-electron chi connectivity index (χ4n) is 4.54. The van der Waals surface area contributed by atoms with Crippen LogP contribution in [0.2, 0.25) is 0 Å². The van der Waals surface area contributed by atoms with Crippen molar-refractivity contribution in [1.82, 2.24) is 4.90 Å². The van der Waals surface area contributed by atoms with Crippen LogP contribution in [0.1, 0.15) is 67.4 Å². The van der Waals surface area contributed by atoms with Crippen LogP contribution in [0, 0.1) is 0 Å². The van der Waals surface area contributed by atoms with Crippen molar-refractivity contribution in [2.45, 2.75) is 65.0 Å². The molecular weight excluding hydrogens is 406 g/mol. The molecule has 0 aliphatic carbocycles. The molecule has 3 heteroatoms. The lowest BCUT2D eigenvalue weighted by Gasteiger charge is -2.32. The Hall–Kier alpha value is -2.91. The summed E-state index contributed by atoms with van der Waals surface area (Å²) in [5, 5.41) is 9.11. The Labute approximate surface area is 199 Å². The maximum Gasteiger partial charge on any atom is 0.335 e. The normalized spacial score (nSPS) is 11.3. The second kappa shape index (κ2) is 13.0. The van der Waals surface area contributed by atoms with E-state index in [1.165, 1.54) is 43.2 Å². The molecule has 0 amide bonds. The molecule has 0 aromatic heterocycles. The van der Waals surface area contributed by atoms with Crippen LogP contribution < -0.4 is 0 Å². The predicted octanol–water partition coefficient (Wildman–Crippen LogP) is 7.46. The van der Waals surface area contributed by atoms with E-state index in [1.54, 1.807) is 12.1 Å². The first kappa shape index (κ1) is 24.7. The Bertz CT molecular complexity index is 958. The Balaban J connectivity index is 1.68. The minimum absolute atomic E-state index is 0.319. The highest BCUT2D eigenvalue weighted by Gasteiger charge is 2.17. The first-order valence-electron chi connectivity index (χ1n) is 12.3. The maximum atomic E-state index is 11.1. The van der Waals surface area contributed by atoms with Gasteiger partial charge >= 0.3 is 5.97 Å². The largest absolute Gasteiger partial charge is 0.478 e. The average Bonchev–Trinajstić information content (AvgIpc) is 2.84. The van der Waals surface area contributed by atoms with Gasteiger partial charge in [0.1, 0.15) is 0 Å². The quantitative estimate of drug-likeness (QED) is 0.298. The van der Waals surface area contributed by atoms with Gasteiger partial charge in [-0.25, -0.2) is 4.79 Å². The molecule has 0 saturated heterocycles. The summed E-state index contributed by atoms with van der Waals surface area (Å²) in [7, 11) is 0. The molecule has 0 aliphatic heterocycles. The summed E-state index contributed by atoms with van der Waals surface area (Å²) < 4.78 is 0. The van der Waals surface area contributed by atoms with Crippen molar-refractivity contribution < 1.29 is 9.90 Å². The van der Waals surface area contributed by atoms with Gasteiger partial charge in [-0.3, -0.25) is 4.90 Å². The molecule has 3 rings (SSSR count). The van der Waals surface area contributed by atoms with Crippen LogP contribution in [0.3, 0.4) is 0 Å². The van der Waals surface area contributed by atoms with Crippen LogP contribution in [-0.2, 0) is 13.0 Å². The van der Waals surface area contributed by atoms with Crippen LogP contribution >= 0.6 is 0 Å². The average molecular weight is 444 g/mol. The van der Waals surface area contributed by atoms with E-state index in [0.29, 0.717) is 11.6 Å². The summed E-state index contributed by atoms with van der Waals surface area (Å²) in [5.74, 6) is -0.891. The molecule has 33 heavy (non-hydrogen) atoms. The Morgan fingerprint density at radius 3 is 1.91 bits per heavy atom. The SMILES string of the molecule is CCCC(CCC)N(CCCc1ccccc1)Cc1ccc(-c2ccc(C(=O)O)cc2)cc1. The highest BCUT2D eigenvalue weighted by atomic mass is 16.4. The fourth-order valence-corrected chi connectivity index (χ4v) is 4.54. The van der Waals surface area contributed by atoms with Crippen molar-refractivity contribution >= 4 is 5.97 Å². The van der Waals surface area contributed by atoms with Gasteiger partial charge < -0.3 is 5.11 Å². The molecule has 174 valence electrons. The number of carbonyl (C=O) groups is 1. The number of nitrogens with zero attached hydrogens (tertiary/aromatic N) is 1. The first-order chi connectivity index (χ1) is 16.1. The summed E-state index contributed by atoms with van der Waals surface area (Å²) in [6.45, 7) is 6.65. The van der Waals surface area contributed by atoms with Crippen molar-refractivity contribution in [1.29, 1.82) is 0 Å². The lowest BCUT2D eigenvalue weighted by molar-refractivity contribution is 0.0697. The standard InChI is InChI=1S/C30H37NO2/c1-3-9-29(10-4-2)31(22-8-13-24-11-6-5-7-12-24)23-25-14-16-26(17-15-25)27-18-20-28(21-19-27)30(32)33/h5-7,11-12,14-21,29H,3-4,8-10,13,22-23H2,1-2H3,(H,32,33). The van der Waals surface area contributed by atoms with Gasteiger partial charge in [0.05, 0.1) is 5.56 Å². The van der Waals surface area contributed by atoms with Gasteiger partial charge in [-0.1, -0.05) is 93.4 Å². The fraction of sp³-hybridized carbons (Fsp3) is 0.367. The maximum absolute atomic E-state index is 11.1. The number of aromatic carboxylic acids is 1. The van der Waals surface area contributed by atoms with Crippen LogP contribution in [0.5, 0.6) is 0 Å². The van der Waals surface area contributed by atoms with Gasteiger partial charge in [-0.2, -0.15) is 0 Å². The Morgan fingerprint density at radius 1 is 0.788 bits per heavy atom. The van der Waals surface area contributed by atoms with E-state index in [4.69, 9.17) is 5.11 Å². The highest BCUT2D eigenvalue weighted by Crippen LogP contribution is 2.23. The molecule has 0 saturated carbocycles. The Kier molecular flexibility index (Phi) is 9.71. The summed E-state index contributed by atoms with van der Waals surface area (Å²) in [6, 6.07) is 27.3. The van der Waals surface area contributed by atoms with Gasteiger partial charge in [-0.05, 0) is 66.6 Å². The highest BCUT2D eigenvalue weighted by molar-refractivity contribution is 5.88. The summed E-state index contributed by atoms with van der Waals surface area (Å²) in [5.41, 5.74) is 5.22. The van der Waals surface area contributed by atoms with Crippen LogP contribution in [0.15, 0.2) is 78.9 Å². The van der Waals surface area contributed by atoms with Crippen molar-refractivity contribution in [3.8, 4) is 11.1 Å². The molecule has 3 aromatic rings. The zero-order chi connectivity index (χ0) is 23.5. The van der Waals surface area contributed by atoms with E-state index in [2.05, 4.69) is 73.3 Å². The Morgan fingerprint density at radius 2 is 1.36 bits per heavy atom. The second-order valence-electron chi connectivity index (χ2n) is 8.87. The molecule has 0 unspecified atom stereocenters.